The molecule has 4 rings (SSSR count). The van der Waals surface area contributed by atoms with E-state index in [9.17, 15) is 15.2 Å². The molecule has 0 aliphatic heterocycles. The summed E-state index contributed by atoms with van der Waals surface area (Å²) in [5.74, 6) is -0.437. The molecule has 2 N–H and O–H groups in total. The maximum absolute atomic E-state index is 12.6. The molecule has 4 aromatic rings. The average Bonchev–Trinajstić information content (AvgIpc) is 3.13. The van der Waals surface area contributed by atoms with E-state index < -0.39 is 5.91 Å². The minimum absolute atomic E-state index is 0.0319. The Balaban J connectivity index is 1.67. The van der Waals surface area contributed by atoms with Gasteiger partial charge in [0.15, 0.2) is 0 Å². The molecule has 0 bridgehead atoms. The number of halogens is 2. The van der Waals surface area contributed by atoms with Crippen LogP contribution in [0.25, 0.3) is 17.0 Å². The molecule has 158 valence electrons. The first-order valence-electron chi connectivity index (χ1n) is 9.68. The highest BCUT2D eigenvalue weighted by Crippen LogP contribution is 2.27. The smallest absolute Gasteiger partial charge is 0.266 e. The maximum atomic E-state index is 12.6. The van der Waals surface area contributed by atoms with Crippen molar-refractivity contribution in [3.63, 3.8) is 0 Å². The molecule has 1 amide bonds. The van der Waals surface area contributed by atoms with E-state index in [1.807, 2.05) is 53.2 Å². The number of nitrogens with one attached hydrogen (secondary N) is 1. The van der Waals surface area contributed by atoms with Crippen LogP contribution in [0.15, 0.2) is 78.5 Å². The fourth-order valence-corrected chi connectivity index (χ4v) is 3.72. The van der Waals surface area contributed by atoms with Crippen LogP contribution in [0.1, 0.15) is 11.1 Å². The maximum Gasteiger partial charge on any atom is 0.266 e. The van der Waals surface area contributed by atoms with Gasteiger partial charge >= 0.3 is 0 Å². The number of rotatable bonds is 5. The summed E-state index contributed by atoms with van der Waals surface area (Å²) in [6.45, 7) is 0.548. The summed E-state index contributed by atoms with van der Waals surface area (Å²) in [6, 6.07) is 21.3. The number of anilines is 1. The standard InChI is InChI=1S/C25H17Cl2N3O2/c26-22-10-5-16(11-23(22)27)14-30-15-18(21-3-1-2-4-24(21)30)12-17(13-28)25(32)29-19-6-8-20(31)9-7-19/h1-12,15,31H,14H2,(H,29,32)/b17-12-. The summed E-state index contributed by atoms with van der Waals surface area (Å²) in [5, 5.41) is 23.5. The first-order chi connectivity index (χ1) is 15.4. The third-order valence-corrected chi connectivity index (χ3v) is 5.69. The molecule has 1 aromatic heterocycles. The highest BCUT2D eigenvalue weighted by Gasteiger charge is 2.13. The Hall–Kier alpha value is -3.72. The van der Waals surface area contributed by atoms with Crippen LogP contribution in [-0.4, -0.2) is 15.6 Å². The molecule has 0 aliphatic carbocycles. The molecule has 5 nitrogen and oxygen atoms in total. The summed E-state index contributed by atoms with van der Waals surface area (Å²) in [7, 11) is 0. The Morgan fingerprint density at radius 1 is 1.06 bits per heavy atom. The molecule has 0 unspecified atom stereocenters. The number of carbonyl (C=O) groups is 1. The van der Waals surface area contributed by atoms with E-state index in [0.717, 1.165) is 22.0 Å². The van der Waals surface area contributed by atoms with Gasteiger partial charge < -0.3 is 15.0 Å². The molecule has 0 aliphatic rings. The highest BCUT2D eigenvalue weighted by atomic mass is 35.5. The number of para-hydroxylation sites is 1. The molecule has 7 heteroatoms. The van der Waals surface area contributed by atoms with Gasteiger partial charge in [0.1, 0.15) is 17.4 Å². The number of hydrogen-bond donors (Lipinski definition) is 2. The van der Waals surface area contributed by atoms with Crippen LogP contribution < -0.4 is 5.32 Å². The number of benzene rings is 3. The minimum atomic E-state index is -0.528. The van der Waals surface area contributed by atoms with Gasteiger partial charge in [-0.3, -0.25) is 4.79 Å². The van der Waals surface area contributed by atoms with Crippen LogP contribution in [0.5, 0.6) is 5.75 Å². The lowest BCUT2D eigenvalue weighted by molar-refractivity contribution is -0.112. The number of amides is 1. The van der Waals surface area contributed by atoms with Crippen molar-refractivity contribution in [3.8, 4) is 11.8 Å². The molecule has 0 saturated heterocycles. The van der Waals surface area contributed by atoms with Gasteiger partial charge in [-0.2, -0.15) is 5.26 Å². The molecule has 32 heavy (non-hydrogen) atoms. The van der Waals surface area contributed by atoms with Crippen molar-refractivity contribution >= 4 is 51.8 Å². The SMILES string of the molecule is N#C/C(=C/c1cn(Cc2ccc(Cl)c(Cl)c2)c2ccccc12)C(=O)Nc1ccc(O)cc1. The zero-order valence-electron chi connectivity index (χ0n) is 16.7. The molecular formula is C25H17Cl2N3O2. The summed E-state index contributed by atoms with van der Waals surface area (Å²) >= 11 is 12.2. The number of nitrogens with zero attached hydrogens (tertiary/aromatic N) is 2. The summed E-state index contributed by atoms with van der Waals surface area (Å²) in [5.41, 5.74) is 3.13. The molecular weight excluding hydrogens is 445 g/mol. The van der Waals surface area contributed by atoms with Crippen molar-refractivity contribution < 1.29 is 9.90 Å². The van der Waals surface area contributed by atoms with Crippen LogP contribution in [0.4, 0.5) is 5.69 Å². The van der Waals surface area contributed by atoms with Crippen molar-refractivity contribution in [2.45, 2.75) is 6.54 Å². The number of fused-ring (bicyclic) bond motifs is 1. The number of phenolic OH excluding ortho intramolecular Hbond substituents is 1. The van der Waals surface area contributed by atoms with Gasteiger partial charge in [0.05, 0.1) is 10.0 Å². The lowest BCUT2D eigenvalue weighted by Gasteiger charge is -2.06. The lowest BCUT2D eigenvalue weighted by Crippen LogP contribution is -2.13. The average molecular weight is 462 g/mol. The van der Waals surface area contributed by atoms with Crippen LogP contribution >= 0.6 is 23.2 Å². The molecule has 3 aromatic carbocycles. The van der Waals surface area contributed by atoms with Crippen molar-refractivity contribution in [3.05, 3.63) is 99.7 Å². The van der Waals surface area contributed by atoms with E-state index in [4.69, 9.17) is 23.2 Å². The van der Waals surface area contributed by atoms with Gasteiger partial charge in [0, 0.05) is 34.9 Å². The Labute approximate surface area is 194 Å². The summed E-state index contributed by atoms with van der Waals surface area (Å²) < 4.78 is 2.04. The van der Waals surface area contributed by atoms with E-state index in [0.29, 0.717) is 22.3 Å². The third-order valence-electron chi connectivity index (χ3n) is 4.95. The van der Waals surface area contributed by atoms with Crippen LogP contribution in [0, 0.1) is 11.3 Å². The van der Waals surface area contributed by atoms with Crippen molar-refractivity contribution in [1.29, 1.82) is 5.26 Å². The summed E-state index contributed by atoms with van der Waals surface area (Å²) in [4.78, 5) is 12.6. The second kappa shape index (κ2) is 9.19. The molecule has 1 heterocycles. The number of carbonyl (C=O) groups excluding carboxylic acids is 1. The molecule has 0 spiro atoms. The van der Waals surface area contributed by atoms with Crippen LogP contribution in [0.2, 0.25) is 10.0 Å². The quantitative estimate of drug-likeness (QED) is 0.209. The molecule has 0 radical (unpaired) electrons. The van der Waals surface area contributed by atoms with Gasteiger partial charge in [0.2, 0.25) is 0 Å². The van der Waals surface area contributed by atoms with E-state index in [1.165, 1.54) is 12.1 Å². The van der Waals surface area contributed by atoms with Crippen molar-refractivity contribution in [2.75, 3.05) is 5.32 Å². The second-order valence-electron chi connectivity index (χ2n) is 7.15. The molecule has 0 fully saturated rings. The predicted molar refractivity (Wildman–Crippen MR) is 128 cm³/mol. The van der Waals surface area contributed by atoms with E-state index in [-0.39, 0.29) is 11.3 Å². The number of nitriles is 1. The van der Waals surface area contributed by atoms with Gasteiger partial charge in [0.25, 0.3) is 5.91 Å². The predicted octanol–water partition coefficient (Wildman–Crippen LogP) is 6.25. The first kappa shape index (κ1) is 21.5. The monoisotopic (exact) mass is 461 g/mol. The van der Waals surface area contributed by atoms with Gasteiger partial charge in [-0.15, -0.1) is 0 Å². The second-order valence-corrected chi connectivity index (χ2v) is 7.96. The van der Waals surface area contributed by atoms with Gasteiger partial charge in [-0.05, 0) is 54.1 Å². The third kappa shape index (κ3) is 4.62. The zero-order valence-corrected chi connectivity index (χ0v) is 18.2. The Morgan fingerprint density at radius 3 is 2.53 bits per heavy atom. The molecule has 0 atom stereocenters. The minimum Gasteiger partial charge on any atom is -0.508 e. The van der Waals surface area contributed by atoms with Gasteiger partial charge in [-0.1, -0.05) is 47.5 Å². The molecule has 0 saturated carbocycles. The lowest BCUT2D eigenvalue weighted by atomic mass is 10.1. The van der Waals surface area contributed by atoms with E-state index >= 15 is 0 Å². The number of hydrogen-bond acceptors (Lipinski definition) is 3. The fraction of sp³-hybridized carbons (Fsp3) is 0.0400. The number of phenols is 1. The summed E-state index contributed by atoms with van der Waals surface area (Å²) in [6.07, 6.45) is 3.47. The van der Waals surface area contributed by atoms with Crippen molar-refractivity contribution in [2.24, 2.45) is 0 Å². The first-order valence-corrected chi connectivity index (χ1v) is 10.4. The topological polar surface area (TPSA) is 78.0 Å². The Morgan fingerprint density at radius 2 is 1.81 bits per heavy atom. The Bertz CT molecular complexity index is 1380. The highest BCUT2D eigenvalue weighted by molar-refractivity contribution is 6.42. The fourth-order valence-electron chi connectivity index (χ4n) is 3.40. The largest absolute Gasteiger partial charge is 0.508 e. The zero-order chi connectivity index (χ0) is 22.7. The van der Waals surface area contributed by atoms with E-state index in [2.05, 4.69) is 5.32 Å². The number of aromatic hydroxyl groups is 1. The van der Waals surface area contributed by atoms with E-state index in [1.54, 1.807) is 24.3 Å². The Kier molecular flexibility index (Phi) is 6.18. The van der Waals surface area contributed by atoms with Crippen LogP contribution in [-0.2, 0) is 11.3 Å². The van der Waals surface area contributed by atoms with Gasteiger partial charge in [-0.25, -0.2) is 0 Å². The van der Waals surface area contributed by atoms with Crippen molar-refractivity contribution in [1.82, 2.24) is 4.57 Å². The normalized spacial score (nSPS) is 11.3. The number of aromatic nitrogens is 1. The van der Waals surface area contributed by atoms with Crippen LogP contribution in [0.3, 0.4) is 0 Å².